The summed E-state index contributed by atoms with van der Waals surface area (Å²) in [5.41, 5.74) is 0. The Kier molecular flexibility index (Phi) is 3.52. The second-order valence-corrected chi connectivity index (χ2v) is 5.25. The molecule has 1 saturated heterocycles. The van der Waals surface area contributed by atoms with E-state index < -0.39 is 0 Å². The van der Waals surface area contributed by atoms with Gasteiger partial charge >= 0.3 is 0 Å². The lowest BCUT2D eigenvalue weighted by Gasteiger charge is -2.14. The van der Waals surface area contributed by atoms with Crippen molar-refractivity contribution in [3.63, 3.8) is 0 Å². The third-order valence-electron chi connectivity index (χ3n) is 3.61. The van der Waals surface area contributed by atoms with Crippen molar-refractivity contribution in [3.05, 3.63) is 17.5 Å². The Labute approximate surface area is 116 Å². The largest absolute Gasteiger partial charge is 0.369 e. The molecule has 0 aromatic carbocycles. The highest BCUT2D eigenvalue weighted by atomic mass is 35.5. The number of likely N-dealkylation sites (tertiary alicyclic amines) is 1. The maximum atomic E-state index is 5.98. The summed E-state index contributed by atoms with van der Waals surface area (Å²) in [6.07, 6.45) is 2.72. The molecule has 19 heavy (non-hydrogen) atoms. The summed E-state index contributed by atoms with van der Waals surface area (Å²) >= 11 is 5.98. The Hall–Kier alpha value is -1.40. The molecule has 2 aromatic rings. The molecule has 1 fully saturated rings. The molecule has 1 aliphatic heterocycles. The van der Waals surface area contributed by atoms with Gasteiger partial charge in [0.2, 0.25) is 0 Å². The number of nitrogens with one attached hydrogen (secondary N) is 1. The summed E-state index contributed by atoms with van der Waals surface area (Å²) in [7, 11) is 0. The van der Waals surface area contributed by atoms with E-state index in [9.17, 15) is 0 Å². The van der Waals surface area contributed by atoms with E-state index in [-0.39, 0.29) is 0 Å². The van der Waals surface area contributed by atoms with Crippen LogP contribution < -0.4 is 5.32 Å². The number of fused-ring (bicyclic) bond motifs is 1. The molecular weight excluding hydrogens is 264 g/mol. The molecule has 0 amide bonds. The van der Waals surface area contributed by atoms with E-state index in [4.69, 9.17) is 11.6 Å². The van der Waals surface area contributed by atoms with E-state index in [2.05, 4.69) is 32.2 Å². The molecule has 6 nitrogen and oxygen atoms in total. The molecule has 0 spiro atoms. The first-order valence-electron chi connectivity index (χ1n) is 6.58. The van der Waals surface area contributed by atoms with Crippen LogP contribution in [0.4, 0.5) is 5.82 Å². The van der Waals surface area contributed by atoms with E-state index in [1.54, 1.807) is 10.6 Å². The molecule has 102 valence electrons. The van der Waals surface area contributed by atoms with Crippen LogP contribution in [0.25, 0.3) is 5.78 Å². The highest BCUT2D eigenvalue weighted by Crippen LogP contribution is 2.18. The number of halogens is 1. The summed E-state index contributed by atoms with van der Waals surface area (Å²) in [5, 5.41) is 7.99. The predicted octanol–water partition coefficient (Wildman–Crippen LogP) is 1.53. The van der Waals surface area contributed by atoms with Gasteiger partial charge < -0.3 is 10.2 Å². The van der Waals surface area contributed by atoms with Crippen LogP contribution in [-0.2, 0) is 0 Å². The topological polar surface area (TPSA) is 58.3 Å². The fourth-order valence-corrected chi connectivity index (χ4v) is 2.70. The first-order valence-corrected chi connectivity index (χ1v) is 6.96. The normalized spacial score (nSPS) is 20.2. The SMILES string of the molecule is CCN1CCC(CNc2cc(Cl)nc3ncnn23)C1. The molecule has 0 bridgehead atoms. The van der Waals surface area contributed by atoms with Crippen LogP contribution in [0.3, 0.4) is 0 Å². The first kappa shape index (κ1) is 12.6. The van der Waals surface area contributed by atoms with E-state index in [0.717, 1.165) is 25.5 Å². The zero-order valence-electron chi connectivity index (χ0n) is 10.9. The standard InChI is InChI=1S/C12H17ClN6/c1-2-18-4-3-9(7-18)6-14-11-5-10(13)17-12-15-8-16-19(11)12/h5,8-9,14H,2-4,6-7H2,1H3. The number of nitrogens with zero attached hydrogens (tertiary/aromatic N) is 5. The minimum Gasteiger partial charge on any atom is -0.369 e. The van der Waals surface area contributed by atoms with Crippen molar-refractivity contribution in [3.8, 4) is 0 Å². The minimum atomic E-state index is 0.435. The lowest BCUT2D eigenvalue weighted by Crippen LogP contribution is -2.23. The Morgan fingerprint density at radius 2 is 2.42 bits per heavy atom. The van der Waals surface area contributed by atoms with Crippen molar-refractivity contribution < 1.29 is 0 Å². The molecule has 0 saturated carbocycles. The zero-order chi connectivity index (χ0) is 13.2. The smallest absolute Gasteiger partial charge is 0.255 e. The molecule has 1 N–H and O–H groups in total. The van der Waals surface area contributed by atoms with Crippen LogP contribution in [0.2, 0.25) is 5.15 Å². The van der Waals surface area contributed by atoms with Gasteiger partial charge in [0.05, 0.1) is 0 Å². The molecular formula is C12H17ClN6. The Morgan fingerprint density at radius 3 is 3.21 bits per heavy atom. The van der Waals surface area contributed by atoms with Gasteiger partial charge in [-0.1, -0.05) is 18.5 Å². The highest BCUT2D eigenvalue weighted by molar-refractivity contribution is 6.29. The van der Waals surface area contributed by atoms with Crippen LogP contribution in [-0.4, -0.2) is 50.7 Å². The van der Waals surface area contributed by atoms with E-state index in [1.807, 2.05) is 0 Å². The van der Waals surface area contributed by atoms with Crippen LogP contribution in [0, 0.1) is 5.92 Å². The number of hydrogen-bond acceptors (Lipinski definition) is 5. The van der Waals surface area contributed by atoms with Gasteiger partial charge in [-0.3, -0.25) is 0 Å². The van der Waals surface area contributed by atoms with Crippen molar-refractivity contribution in [2.24, 2.45) is 5.92 Å². The minimum absolute atomic E-state index is 0.435. The lowest BCUT2D eigenvalue weighted by molar-refractivity contribution is 0.345. The zero-order valence-corrected chi connectivity index (χ0v) is 11.6. The average molecular weight is 281 g/mol. The predicted molar refractivity (Wildman–Crippen MR) is 74.5 cm³/mol. The molecule has 1 atom stereocenters. The fraction of sp³-hybridized carbons (Fsp3) is 0.583. The van der Waals surface area contributed by atoms with Crippen LogP contribution in [0.1, 0.15) is 13.3 Å². The molecule has 7 heteroatoms. The first-order chi connectivity index (χ1) is 9.26. The fourth-order valence-electron chi connectivity index (χ4n) is 2.52. The Bertz CT molecular complexity index is 568. The highest BCUT2D eigenvalue weighted by Gasteiger charge is 2.21. The monoisotopic (exact) mass is 280 g/mol. The number of hydrogen-bond donors (Lipinski definition) is 1. The summed E-state index contributed by atoms with van der Waals surface area (Å²) in [6, 6.07) is 1.79. The van der Waals surface area contributed by atoms with Gasteiger partial charge in [-0.25, -0.2) is 0 Å². The van der Waals surface area contributed by atoms with E-state index in [1.165, 1.54) is 19.3 Å². The number of rotatable bonds is 4. The van der Waals surface area contributed by atoms with Crippen molar-refractivity contribution in [2.45, 2.75) is 13.3 Å². The average Bonchev–Trinajstić information content (AvgIpc) is 3.03. The van der Waals surface area contributed by atoms with Gasteiger partial charge in [0.15, 0.2) is 0 Å². The van der Waals surface area contributed by atoms with Crippen molar-refractivity contribution in [1.82, 2.24) is 24.5 Å². The van der Waals surface area contributed by atoms with Crippen LogP contribution in [0.15, 0.2) is 12.4 Å². The number of anilines is 1. The molecule has 1 aliphatic rings. The third kappa shape index (κ3) is 2.64. The number of aromatic nitrogens is 4. The van der Waals surface area contributed by atoms with Gasteiger partial charge in [0.25, 0.3) is 5.78 Å². The molecule has 1 unspecified atom stereocenters. The Morgan fingerprint density at radius 1 is 1.53 bits per heavy atom. The third-order valence-corrected chi connectivity index (χ3v) is 3.80. The summed E-state index contributed by atoms with van der Waals surface area (Å²) in [4.78, 5) is 10.6. The van der Waals surface area contributed by atoms with Crippen LogP contribution >= 0.6 is 11.6 Å². The van der Waals surface area contributed by atoms with Gasteiger partial charge in [-0.05, 0) is 25.4 Å². The second kappa shape index (κ2) is 5.30. The lowest BCUT2D eigenvalue weighted by atomic mass is 10.1. The molecule has 0 aliphatic carbocycles. The summed E-state index contributed by atoms with van der Waals surface area (Å²) < 4.78 is 1.68. The maximum Gasteiger partial charge on any atom is 0.255 e. The molecule has 3 heterocycles. The Balaban J connectivity index is 1.70. The van der Waals surface area contributed by atoms with Gasteiger partial charge in [-0.2, -0.15) is 19.6 Å². The van der Waals surface area contributed by atoms with Gasteiger partial charge in [0, 0.05) is 19.2 Å². The quantitative estimate of drug-likeness (QED) is 0.861. The van der Waals surface area contributed by atoms with Gasteiger partial charge in [0.1, 0.15) is 17.3 Å². The van der Waals surface area contributed by atoms with E-state index >= 15 is 0 Å². The van der Waals surface area contributed by atoms with Crippen molar-refractivity contribution in [2.75, 3.05) is 31.5 Å². The van der Waals surface area contributed by atoms with E-state index in [0.29, 0.717) is 16.8 Å². The second-order valence-electron chi connectivity index (χ2n) is 4.86. The van der Waals surface area contributed by atoms with Crippen molar-refractivity contribution >= 4 is 23.2 Å². The van der Waals surface area contributed by atoms with Crippen molar-refractivity contribution in [1.29, 1.82) is 0 Å². The van der Waals surface area contributed by atoms with Crippen LogP contribution in [0.5, 0.6) is 0 Å². The molecule has 3 rings (SSSR count). The van der Waals surface area contributed by atoms with Gasteiger partial charge in [-0.15, -0.1) is 0 Å². The summed E-state index contributed by atoms with van der Waals surface area (Å²) in [6.45, 7) is 6.61. The maximum absolute atomic E-state index is 5.98. The summed E-state index contributed by atoms with van der Waals surface area (Å²) in [5.74, 6) is 2.05. The molecule has 0 radical (unpaired) electrons. The molecule has 2 aromatic heterocycles.